The number of pyridine rings is 1. The fourth-order valence-electron chi connectivity index (χ4n) is 2.54. The summed E-state index contributed by atoms with van der Waals surface area (Å²) >= 11 is 5.80. The van der Waals surface area contributed by atoms with Gasteiger partial charge in [0.15, 0.2) is 0 Å². The molecule has 0 aliphatic heterocycles. The van der Waals surface area contributed by atoms with Crippen LogP contribution in [0.5, 0.6) is 0 Å². The average molecular weight is 239 g/mol. The van der Waals surface area contributed by atoms with E-state index >= 15 is 0 Å². The van der Waals surface area contributed by atoms with Crippen LogP contribution < -0.4 is 5.32 Å². The van der Waals surface area contributed by atoms with Gasteiger partial charge in [0.1, 0.15) is 0 Å². The molecule has 0 radical (unpaired) electrons. The highest BCUT2D eigenvalue weighted by Gasteiger charge is 2.24. The summed E-state index contributed by atoms with van der Waals surface area (Å²) in [5, 5.41) is 4.32. The lowest BCUT2D eigenvalue weighted by Crippen LogP contribution is -2.31. The lowest BCUT2D eigenvalue weighted by molar-refractivity contribution is 0.388. The Kier molecular flexibility index (Phi) is 4.19. The first-order valence-corrected chi connectivity index (χ1v) is 6.51. The van der Waals surface area contributed by atoms with Crippen LogP contribution in [-0.2, 0) is 6.54 Å². The Morgan fingerprint density at radius 2 is 2.31 bits per heavy atom. The molecule has 88 valence electrons. The van der Waals surface area contributed by atoms with E-state index in [1.165, 1.54) is 25.7 Å². The van der Waals surface area contributed by atoms with Crippen molar-refractivity contribution in [3.8, 4) is 0 Å². The van der Waals surface area contributed by atoms with E-state index in [1.807, 2.05) is 12.1 Å². The van der Waals surface area contributed by atoms with Crippen LogP contribution in [0.3, 0.4) is 0 Å². The van der Waals surface area contributed by atoms with Crippen LogP contribution in [-0.4, -0.2) is 11.0 Å². The largest absolute Gasteiger partial charge is 0.308 e. The first kappa shape index (κ1) is 11.9. The summed E-state index contributed by atoms with van der Waals surface area (Å²) < 4.78 is 0. The van der Waals surface area contributed by atoms with Gasteiger partial charge in [0.25, 0.3) is 0 Å². The molecule has 1 aliphatic rings. The lowest BCUT2D eigenvalue weighted by Gasteiger charge is -2.19. The van der Waals surface area contributed by atoms with Gasteiger partial charge in [-0.15, -0.1) is 0 Å². The minimum atomic E-state index is 0.683. The van der Waals surface area contributed by atoms with Gasteiger partial charge in [-0.25, -0.2) is 0 Å². The van der Waals surface area contributed by atoms with Crippen molar-refractivity contribution in [2.75, 3.05) is 0 Å². The van der Waals surface area contributed by atoms with Crippen LogP contribution >= 0.6 is 11.6 Å². The highest BCUT2D eigenvalue weighted by atomic mass is 35.5. The van der Waals surface area contributed by atoms with Gasteiger partial charge in [-0.2, -0.15) is 0 Å². The maximum atomic E-state index is 5.80. The Morgan fingerprint density at radius 3 is 3.00 bits per heavy atom. The fraction of sp³-hybridized carbons (Fsp3) is 0.615. The molecule has 3 heteroatoms. The molecule has 1 fully saturated rings. The molecule has 0 bridgehead atoms. The van der Waals surface area contributed by atoms with E-state index in [0.717, 1.165) is 18.2 Å². The number of aromatic nitrogens is 1. The Bertz CT molecular complexity index is 323. The Morgan fingerprint density at radius 1 is 1.44 bits per heavy atom. The molecule has 2 unspecified atom stereocenters. The van der Waals surface area contributed by atoms with E-state index in [2.05, 4.69) is 17.2 Å². The topological polar surface area (TPSA) is 24.9 Å². The molecule has 1 aromatic heterocycles. The minimum Gasteiger partial charge on any atom is -0.308 e. The Labute approximate surface area is 102 Å². The van der Waals surface area contributed by atoms with Gasteiger partial charge in [-0.3, -0.25) is 4.98 Å². The molecular weight excluding hydrogens is 220 g/mol. The molecule has 2 atom stereocenters. The summed E-state index contributed by atoms with van der Waals surface area (Å²) in [5.41, 5.74) is 1.08. The van der Waals surface area contributed by atoms with E-state index in [1.54, 1.807) is 6.20 Å². The first-order chi connectivity index (χ1) is 7.79. The second-order valence-electron chi connectivity index (χ2n) is 4.55. The normalized spacial score (nSPS) is 24.9. The fourth-order valence-corrected chi connectivity index (χ4v) is 2.65. The molecule has 1 saturated carbocycles. The summed E-state index contributed by atoms with van der Waals surface area (Å²) in [6.07, 6.45) is 7.05. The number of halogens is 1. The van der Waals surface area contributed by atoms with Gasteiger partial charge >= 0.3 is 0 Å². The van der Waals surface area contributed by atoms with Crippen LogP contribution in [0.15, 0.2) is 18.3 Å². The molecule has 0 amide bonds. The van der Waals surface area contributed by atoms with Gasteiger partial charge in [0.05, 0.1) is 10.7 Å². The number of nitrogens with zero attached hydrogens (tertiary/aromatic N) is 1. The van der Waals surface area contributed by atoms with E-state index in [9.17, 15) is 0 Å². The first-order valence-electron chi connectivity index (χ1n) is 6.13. The van der Waals surface area contributed by atoms with Crippen LogP contribution in [0.1, 0.15) is 38.3 Å². The van der Waals surface area contributed by atoms with Crippen LogP contribution in [0, 0.1) is 5.92 Å². The van der Waals surface area contributed by atoms with Crippen molar-refractivity contribution >= 4 is 11.6 Å². The highest BCUT2D eigenvalue weighted by Crippen LogP contribution is 2.28. The van der Waals surface area contributed by atoms with E-state index in [4.69, 9.17) is 11.6 Å². The van der Waals surface area contributed by atoms with Crippen molar-refractivity contribution in [3.63, 3.8) is 0 Å². The molecule has 1 aromatic rings. The summed E-state index contributed by atoms with van der Waals surface area (Å²) in [7, 11) is 0. The zero-order valence-electron chi connectivity index (χ0n) is 9.75. The highest BCUT2D eigenvalue weighted by molar-refractivity contribution is 6.30. The van der Waals surface area contributed by atoms with Crippen molar-refractivity contribution in [1.29, 1.82) is 0 Å². The zero-order valence-corrected chi connectivity index (χ0v) is 10.5. The Balaban J connectivity index is 1.85. The van der Waals surface area contributed by atoms with E-state index in [0.29, 0.717) is 11.1 Å². The van der Waals surface area contributed by atoms with Gasteiger partial charge in [-0.1, -0.05) is 31.4 Å². The number of hydrogen-bond donors (Lipinski definition) is 1. The minimum absolute atomic E-state index is 0.683. The number of rotatable bonds is 4. The second kappa shape index (κ2) is 5.65. The smallest absolute Gasteiger partial charge is 0.0589 e. The molecule has 2 rings (SSSR count). The maximum Gasteiger partial charge on any atom is 0.0589 e. The van der Waals surface area contributed by atoms with Gasteiger partial charge < -0.3 is 5.32 Å². The summed E-state index contributed by atoms with van der Waals surface area (Å²) in [6, 6.07) is 4.57. The quantitative estimate of drug-likeness (QED) is 0.870. The van der Waals surface area contributed by atoms with Gasteiger partial charge in [0, 0.05) is 18.8 Å². The summed E-state index contributed by atoms with van der Waals surface area (Å²) in [5.74, 6) is 0.854. The molecular formula is C13H19ClN2. The molecule has 0 saturated heterocycles. The van der Waals surface area contributed by atoms with Crippen molar-refractivity contribution in [1.82, 2.24) is 10.3 Å². The molecule has 1 heterocycles. The van der Waals surface area contributed by atoms with Crippen LogP contribution in [0.2, 0.25) is 5.02 Å². The molecule has 1 N–H and O–H groups in total. The summed E-state index contributed by atoms with van der Waals surface area (Å²) in [6.45, 7) is 3.14. The maximum absolute atomic E-state index is 5.80. The Hall–Kier alpha value is -0.600. The molecule has 0 aromatic carbocycles. The molecule has 16 heavy (non-hydrogen) atoms. The third kappa shape index (κ3) is 2.96. The van der Waals surface area contributed by atoms with Gasteiger partial charge in [0.2, 0.25) is 0 Å². The zero-order chi connectivity index (χ0) is 11.4. The third-order valence-electron chi connectivity index (χ3n) is 3.52. The van der Waals surface area contributed by atoms with Crippen LogP contribution in [0.4, 0.5) is 0 Å². The van der Waals surface area contributed by atoms with Gasteiger partial charge in [-0.05, 0) is 30.9 Å². The standard InChI is InChI=1S/C13H19ClN2/c1-2-10-4-3-5-13(10)16-9-12-7-6-11(14)8-15-12/h6-8,10,13,16H,2-5,9H2,1H3. The third-order valence-corrected chi connectivity index (χ3v) is 3.74. The lowest BCUT2D eigenvalue weighted by atomic mass is 10.0. The van der Waals surface area contributed by atoms with Crippen molar-refractivity contribution in [2.45, 2.75) is 45.2 Å². The summed E-state index contributed by atoms with van der Waals surface area (Å²) in [4.78, 5) is 4.30. The van der Waals surface area contributed by atoms with Crippen LogP contribution in [0.25, 0.3) is 0 Å². The van der Waals surface area contributed by atoms with Crippen molar-refractivity contribution in [2.24, 2.45) is 5.92 Å². The number of nitrogens with one attached hydrogen (secondary N) is 1. The van der Waals surface area contributed by atoms with Crippen molar-refractivity contribution < 1.29 is 0 Å². The second-order valence-corrected chi connectivity index (χ2v) is 4.99. The monoisotopic (exact) mass is 238 g/mol. The number of hydrogen-bond acceptors (Lipinski definition) is 2. The molecule has 0 spiro atoms. The van der Waals surface area contributed by atoms with E-state index in [-0.39, 0.29) is 0 Å². The predicted molar refractivity (Wildman–Crippen MR) is 67.5 cm³/mol. The average Bonchev–Trinajstić information content (AvgIpc) is 2.76. The van der Waals surface area contributed by atoms with Crippen molar-refractivity contribution in [3.05, 3.63) is 29.0 Å². The molecule has 2 nitrogen and oxygen atoms in total. The predicted octanol–water partition coefficient (Wildman–Crippen LogP) is 3.40. The van der Waals surface area contributed by atoms with E-state index < -0.39 is 0 Å². The molecule has 1 aliphatic carbocycles. The SMILES string of the molecule is CCC1CCCC1NCc1ccc(Cl)cn1.